The van der Waals surface area contributed by atoms with Gasteiger partial charge in [0, 0.05) is 19.1 Å². The fourth-order valence-corrected chi connectivity index (χ4v) is 2.57. The van der Waals surface area contributed by atoms with Crippen LogP contribution >= 0.6 is 0 Å². The highest BCUT2D eigenvalue weighted by atomic mass is 16.5. The average Bonchev–Trinajstić information content (AvgIpc) is 2.59. The summed E-state index contributed by atoms with van der Waals surface area (Å²) in [5, 5.41) is 3.45. The molecule has 4 nitrogen and oxygen atoms in total. The molecule has 1 aliphatic rings. The predicted molar refractivity (Wildman–Crippen MR) is 76.6 cm³/mol. The summed E-state index contributed by atoms with van der Waals surface area (Å²) in [6.45, 7) is 7.29. The Morgan fingerprint density at radius 2 is 2.05 bits per heavy atom. The molecule has 4 heteroatoms. The second-order valence-corrected chi connectivity index (χ2v) is 5.27. The first kappa shape index (κ1) is 13.9. The highest BCUT2D eigenvalue weighted by Gasteiger charge is 2.24. The largest absolute Gasteiger partial charge is 0.465 e. The molecule has 0 radical (unpaired) electrons. The van der Waals surface area contributed by atoms with Crippen LogP contribution in [0.3, 0.4) is 0 Å². The molecule has 2 rings (SSSR count). The molecular formula is C15H22N2O2. The molecule has 0 saturated carbocycles. The standard InChI is InChI=1S/C15H22N2O2/c1-11-8-16-9-12(2)17(10-11)14-7-5-4-6-13(14)15(18)19-3/h4-7,11-12,16H,8-10H2,1-3H3. The van der Waals surface area contributed by atoms with Crippen LogP contribution in [0.15, 0.2) is 24.3 Å². The molecule has 1 heterocycles. The van der Waals surface area contributed by atoms with E-state index in [1.54, 1.807) is 0 Å². The van der Waals surface area contributed by atoms with Crippen molar-refractivity contribution in [3.63, 3.8) is 0 Å². The first-order chi connectivity index (χ1) is 9.13. The zero-order valence-electron chi connectivity index (χ0n) is 11.8. The SMILES string of the molecule is COC(=O)c1ccccc1N1CC(C)CNCC1C. The Labute approximate surface area is 114 Å². The van der Waals surface area contributed by atoms with Crippen molar-refractivity contribution in [2.75, 3.05) is 31.6 Å². The zero-order chi connectivity index (χ0) is 13.8. The Kier molecular flexibility index (Phi) is 4.43. The van der Waals surface area contributed by atoms with Crippen molar-refractivity contribution in [3.8, 4) is 0 Å². The first-order valence-electron chi connectivity index (χ1n) is 6.78. The molecule has 19 heavy (non-hydrogen) atoms. The quantitative estimate of drug-likeness (QED) is 0.827. The van der Waals surface area contributed by atoms with Gasteiger partial charge in [-0.1, -0.05) is 19.1 Å². The minimum Gasteiger partial charge on any atom is -0.465 e. The van der Waals surface area contributed by atoms with Crippen LogP contribution in [0.5, 0.6) is 0 Å². The van der Waals surface area contributed by atoms with Crippen molar-refractivity contribution >= 4 is 11.7 Å². The van der Waals surface area contributed by atoms with Gasteiger partial charge in [-0.15, -0.1) is 0 Å². The summed E-state index contributed by atoms with van der Waals surface area (Å²) < 4.78 is 4.88. The molecule has 1 aromatic rings. The van der Waals surface area contributed by atoms with Gasteiger partial charge in [-0.2, -0.15) is 0 Å². The Hall–Kier alpha value is -1.55. The average molecular weight is 262 g/mol. The van der Waals surface area contributed by atoms with E-state index >= 15 is 0 Å². The smallest absolute Gasteiger partial charge is 0.339 e. The van der Waals surface area contributed by atoms with Crippen molar-refractivity contribution in [2.24, 2.45) is 5.92 Å². The van der Waals surface area contributed by atoms with Gasteiger partial charge in [-0.05, 0) is 31.5 Å². The van der Waals surface area contributed by atoms with Crippen LogP contribution in [-0.4, -0.2) is 38.8 Å². The van der Waals surface area contributed by atoms with Gasteiger partial charge in [0.25, 0.3) is 0 Å². The summed E-state index contributed by atoms with van der Waals surface area (Å²) in [5.41, 5.74) is 1.61. The van der Waals surface area contributed by atoms with E-state index in [1.165, 1.54) is 7.11 Å². The van der Waals surface area contributed by atoms with Crippen LogP contribution in [-0.2, 0) is 4.74 Å². The lowest BCUT2D eigenvalue weighted by Gasteiger charge is -2.31. The van der Waals surface area contributed by atoms with Crippen LogP contribution in [0.4, 0.5) is 5.69 Å². The number of hydrogen-bond acceptors (Lipinski definition) is 4. The second-order valence-electron chi connectivity index (χ2n) is 5.27. The molecule has 2 unspecified atom stereocenters. The van der Waals surface area contributed by atoms with Gasteiger partial charge in [-0.3, -0.25) is 0 Å². The van der Waals surface area contributed by atoms with Gasteiger partial charge in [0.1, 0.15) is 0 Å². The number of anilines is 1. The summed E-state index contributed by atoms with van der Waals surface area (Å²) in [7, 11) is 1.43. The normalized spacial score (nSPS) is 23.8. The number of nitrogens with zero attached hydrogens (tertiary/aromatic N) is 1. The number of methoxy groups -OCH3 is 1. The summed E-state index contributed by atoms with van der Waals surface area (Å²) in [4.78, 5) is 14.2. The highest BCUT2D eigenvalue weighted by Crippen LogP contribution is 2.25. The van der Waals surface area contributed by atoms with Gasteiger partial charge in [0.2, 0.25) is 0 Å². The molecule has 2 atom stereocenters. The molecule has 0 spiro atoms. The van der Waals surface area contributed by atoms with Crippen molar-refractivity contribution in [1.29, 1.82) is 0 Å². The summed E-state index contributed by atoms with van der Waals surface area (Å²) >= 11 is 0. The maximum atomic E-state index is 11.9. The van der Waals surface area contributed by atoms with Crippen LogP contribution in [0, 0.1) is 5.92 Å². The third kappa shape index (κ3) is 3.07. The summed E-state index contributed by atoms with van der Waals surface area (Å²) in [5.74, 6) is 0.281. The molecule has 1 aliphatic heterocycles. The number of esters is 1. The maximum absolute atomic E-state index is 11.9. The third-order valence-electron chi connectivity index (χ3n) is 3.59. The number of nitrogens with one attached hydrogen (secondary N) is 1. The fourth-order valence-electron chi connectivity index (χ4n) is 2.57. The third-order valence-corrected chi connectivity index (χ3v) is 3.59. The molecule has 1 saturated heterocycles. The van der Waals surface area contributed by atoms with E-state index in [0.29, 0.717) is 17.5 Å². The maximum Gasteiger partial charge on any atom is 0.339 e. The molecular weight excluding hydrogens is 240 g/mol. The number of rotatable bonds is 2. The first-order valence-corrected chi connectivity index (χ1v) is 6.78. The van der Waals surface area contributed by atoms with Crippen molar-refractivity contribution < 1.29 is 9.53 Å². The Morgan fingerprint density at radius 1 is 1.32 bits per heavy atom. The molecule has 1 aromatic carbocycles. The molecule has 104 valence electrons. The predicted octanol–water partition coefficient (Wildman–Crippen LogP) is 1.91. The van der Waals surface area contributed by atoms with Crippen molar-refractivity contribution in [1.82, 2.24) is 5.32 Å². The van der Waals surface area contributed by atoms with Gasteiger partial charge in [0.15, 0.2) is 0 Å². The lowest BCUT2D eigenvalue weighted by atomic mass is 10.1. The van der Waals surface area contributed by atoms with Crippen LogP contribution in [0.25, 0.3) is 0 Å². The van der Waals surface area contributed by atoms with E-state index in [2.05, 4.69) is 24.1 Å². The molecule has 0 aromatic heterocycles. The Balaban J connectivity index is 2.36. The summed E-state index contributed by atoms with van der Waals surface area (Å²) in [6.07, 6.45) is 0. The van der Waals surface area contributed by atoms with Crippen LogP contribution < -0.4 is 10.2 Å². The van der Waals surface area contributed by atoms with Gasteiger partial charge >= 0.3 is 5.97 Å². The second kappa shape index (κ2) is 6.06. The van der Waals surface area contributed by atoms with E-state index in [0.717, 1.165) is 25.3 Å². The van der Waals surface area contributed by atoms with Crippen LogP contribution in [0.1, 0.15) is 24.2 Å². The van der Waals surface area contributed by atoms with Crippen molar-refractivity contribution in [2.45, 2.75) is 19.9 Å². The molecule has 0 aliphatic carbocycles. The molecule has 0 amide bonds. The van der Waals surface area contributed by atoms with E-state index in [-0.39, 0.29) is 5.97 Å². The monoisotopic (exact) mass is 262 g/mol. The number of hydrogen-bond donors (Lipinski definition) is 1. The zero-order valence-corrected chi connectivity index (χ0v) is 11.8. The van der Waals surface area contributed by atoms with E-state index in [4.69, 9.17) is 4.74 Å². The minimum absolute atomic E-state index is 0.271. The van der Waals surface area contributed by atoms with Crippen LogP contribution in [0.2, 0.25) is 0 Å². The van der Waals surface area contributed by atoms with Gasteiger partial charge < -0.3 is 15.0 Å². The lowest BCUT2D eigenvalue weighted by molar-refractivity contribution is 0.0601. The summed E-state index contributed by atoms with van der Waals surface area (Å²) in [6, 6.07) is 8.03. The Bertz CT molecular complexity index is 448. The number of para-hydroxylation sites is 1. The van der Waals surface area contributed by atoms with Gasteiger partial charge in [-0.25, -0.2) is 4.79 Å². The van der Waals surface area contributed by atoms with E-state index in [9.17, 15) is 4.79 Å². The van der Waals surface area contributed by atoms with Crippen molar-refractivity contribution in [3.05, 3.63) is 29.8 Å². The van der Waals surface area contributed by atoms with E-state index < -0.39 is 0 Å². The Morgan fingerprint density at radius 3 is 2.79 bits per heavy atom. The molecule has 0 bridgehead atoms. The van der Waals surface area contributed by atoms with E-state index in [1.807, 2.05) is 24.3 Å². The lowest BCUT2D eigenvalue weighted by Crippen LogP contribution is -2.38. The molecule has 1 fully saturated rings. The minimum atomic E-state index is -0.271. The number of benzene rings is 1. The molecule has 1 N–H and O–H groups in total. The topological polar surface area (TPSA) is 41.6 Å². The van der Waals surface area contributed by atoms with Gasteiger partial charge in [0.05, 0.1) is 18.4 Å². The number of carbonyl (C=O) groups is 1. The number of carbonyl (C=O) groups excluding carboxylic acids is 1. The fraction of sp³-hybridized carbons (Fsp3) is 0.533. The highest BCUT2D eigenvalue weighted by molar-refractivity contribution is 5.95. The number of ether oxygens (including phenoxy) is 1.